The van der Waals surface area contributed by atoms with Crippen molar-refractivity contribution in [3.05, 3.63) is 5.21 Å². The van der Waals surface area contributed by atoms with Crippen LogP contribution in [0.3, 0.4) is 0 Å². The molecule has 1 aliphatic rings. The van der Waals surface area contributed by atoms with Crippen LogP contribution in [0.5, 0.6) is 0 Å². The number of hydroxylamine groups is 1. The van der Waals surface area contributed by atoms with Crippen LogP contribution in [0, 0.1) is 5.21 Å². The average Bonchev–Trinajstić information content (AvgIpc) is 1.64. The zero-order valence-electron chi connectivity index (χ0n) is 4.44. The number of quaternary nitrogens is 1. The number of hydrogen-bond donors (Lipinski definition) is 1. The van der Waals surface area contributed by atoms with Crippen molar-refractivity contribution >= 4 is 14.3 Å². The van der Waals surface area contributed by atoms with Gasteiger partial charge in [0.1, 0.15) is 0 Å². The lowest BCUT2D eigenvalue weighted by atomic mass is 10.3. The van der Waals surface area contributed by atoms with Gasteiger partial charge in [-0.25, -0.2) is 0 Å². The maximum atomic E-state index is 10.5. The van der Waals surface area contributed by atoms with Gasteiger partial charge in [-0.3, -0.25) is 4.79 Å². The molecule has 1 fully saturated rings. The van der Waals surface area contributed by atoms with Gasteiger partial charge in [-0.1, -0.05) is 0 Å². The highest BCUT2D eigenvalue weighted by molar-refractivity contribution is 7.51. The smallest absolute Gasteiger partial charge is 0.209 e. The van der Waals surface area contributed by atoms with Gasteiger partial charge in [0.2, 0.25) is 5.52 Å². The van der Waals surface area contributed by atoms with Crippen molar-refractivity contribution in [2.45, 2.75) is 12.8 Å². The predicted octanol–water partition coefficient (Wildman–Crippen LogP) is -0.717. The molecule has 0 amide bonds. The fourth-order valence-corrected chi connectivity index (χ4v) is 1.60. The van der Waals surface area contributed by atoms with Crippen molar-refractivity contribution in [2.24, 2.45) is 0 Å². The van der Waals surface area contributed by atoms with Crippen LogP contribution >= 0.6 is 8.73 Å². The number of carbonyl (C=O) groups is 1. The van der Waals surface area contributed by atoms with Crippen LogP contribution in [0.4, 0.5) is 0 Å². The van der Waals surface area contributed by atoms with Crippen LogP contribution in [-0.4, -0.2) is 12.1 Å². The van der Waals surface area contributed by atoms with E-state index >= 15 is 0 Å². The van der Waals surface area contributed by atoms with E-state index in [2.05, 4.69) is 0 Å². The summed E-state index contributed by atoms with van der Waals surface area (Å²) in [6.45, 7) is 0.629. The van der Waals surface area contributed by atoms with Crippen molar-refractivity contribution < 1.29 is 9.63 Å². The summed E-state index contributed by atoms with van der Waals surface area (Å²) < 4.78 is 0. The largest absolute Gasteiger partial charge is 0.633 e. The van der Waals surface area contributed by atoms with Gasteiger partial charge in [-0.15, -0.1) is 0 Å². The second-order valence-corrected chi connectivity index (χ2v) is 3.19. The first-order chi connectivity index (χ1) is 3.79. The molecule has 2 atom stereocenters. The van der Waals surface area contributed by atoms with Crippen molar-refractivity contribution in [3.63, 3.8) is 0 Å². The molecule has 2 unspecified atom stereocenters. The van der Waals surface area contributed by atoms with Crippen LogP contribution < -0.4 is 4.83 Å². The van der Waals surface area contributed by atoms with E-state index in [9.17, 15) is 10.0 Å². The summed E-state index contributed by atoms with van der Waals surface area (Å²) in [7, 11) is -0.0285. The molecule has 0 saturated carbocycles. The third kappa shape index (κ3) is 1.51. The monoisotopic (exact) mass is 133 g/mol. The van der Waals surface area contributed by atoms with Crippen LogP contribution in [-0.2, 0) is 4.79 Å². The Morgan fingerprint density at radius 2 is 2.50 bits per heavy atom. The maximum Gasteiger partial charge on any atom is 0.209 e. The molecule has 4 heteroatoms. The van der Waals surface area contributed by atoms with E-state index in [0.717, 1.165) is 6.42 Å². The van der Waals surface area contributed by atoms with E-state index in [1.54, 1.807) is 0 Å². The molecular formula is C4H8NO2P. The van der Waals surface area contributed by atoms with Crippen LogP contribution in [0.15, 0.2) is 0 Å². The van der Waals surface area contributed by atoms with E-state index in [0.29, 0.717) is 13.0 Å². The molecule has 1 aliphatic heterocycles. The van der Waals surface area contributed by atoms with E-state index < -0.39 is 0 Å². The first-order valence-corrected chi connectivity index (χ1v) is 3.62. The number of nitrogens with one attached hydrogen (secondary N) is 1. The molecule has 1 N–H and O–H groups in total. The van der Waals surface area contributed by atoms with Crippen molar-refractivity contribution in [1.29, 1.82) is 0 Å². The third-order valence-corrected chi connectivity index (χ3v) is 2.14. The Labute approximate surface area is 49.5 Å². The van der Waals surface area contributed by atoms with Gasteiger partial charge in [0.05, 0.1) is 6.54 Å². The number of carbonyl (C=O) groups excluding carboxylic acids is 1. The van der Waals surface area contributed by atoms with Gasteiger partial charge in [-0.05, 0) is 0 Å². The zero-order valence-corrected chi connectivity index (χ0v) is 5.44. The molecule has 8 heavy (non-hydrogen) atoms. The summed E-state index contributed by atoms with van der Waals surface area (Å²) >= 11 is 0. The molecule has 1 saturated heterocycles. The van der Waals surface area contributed by atoms with Gasteiger partial charge in [-0.2, -0.15) is 0 Å². The highest BCUT2D eigenvalue weighted by Crippen LogP contribution is 2.08. The molecule has 0 bridgehead atoms. The second-order valence-electron chi connectivity index (χ2n) is 1.82. The summed E-state index contributed by atoms with van der Waals surface area (Å²) in [5.41, 5.74) is 0.140. The molecule has 0 spiro atoms. The normalized spacial score (nSPS) is 33.6. The van der Waals surface area contributed by atoms with Crippen molar-refractivity contribution in [3.8, 4) is 0 Å². The molecule has 0 aromatic rings. The minimum Gasteiger partial charge on any atom is -0.633 e. The highest BCUT2D eigenvalue weighted by atomic mass is 31.1. The second kappa shape index (κ2) is 2.53. The average molecular weight is 133 g/mol. The van der Waals surface area contributed by atoms with Gasteiger partial charge in [0, 0.05) is 12.8 Å². The summed E-state index contributed by atoms with van der Waals surface area (Å²) in [6, 6.07) is 0. The van der Waals surface area contributed by atoms with E-state index in [1.165, 1.54) is 0 Å². The number of rotatable bonds is 0. The lowest BCUT2D eigenvalue weighted by Gasteiger charge is -2.23. The summed E-state index contributed by atoms with van der Waals surface area (Å²) in [4.78, 5) is 10.6. The Kier molecular flexibility index (Phi) is 1.95. The Hall–Kier alpha value is 0.0200. The maximum absolute atomic E-state index is 10.5. The fourth-order valence-electron chi connectivity index (χ4n) is 0.690. The summed E-state index contributed by atoms with van der Waals surface area (Å²) in [5.74, 6) is 0. The van der Waals surface area contributed by atoms with Gasteiger partial charge in [0.25, 0.3) is 0 Å². The summed E-state index contributed by atoms with van der Waals surface area (Å²) in [6.07, 6.45) is 1.41. The first-order valence-electron chi connectivity index (χ1n) is 2.62. The molecule has 0 aliphatic carbocycles. The Morgan fingerprint density at radius 1 is 1.75 bits per heavy atom. The lowest BCUT2D eigenvalue weighted by molar-refractivity contribution is -0.704. The topological polar surface area (TPSA) is 44.6 Å². The Balaban J connectivity index is 2.34. The Morgan fingerprint density at radius 3 is 2.88 bits per heavy atom. The molecule has 3 nitrogen and oxygen atoms in total. The minimum atomic E-state index is -0.0285. The van der Waals surface area contributed by atoms with Crippen LogP contribution in [0.2, 0.25) is 0 Å². The SMILES string of the molecule is O=C1CCC[NH+]([O-])P1. The molecule has 0 radical (unpaired) electrons. The zero-order chi connectivity index (χ0) is 5.98. The van der Waals surface area contributed by atoms with Crippen molar-refractivity contribution in [2.75, 3.05) is 6.54 Å². The standard InChI is InChI=1S/C4H8NO2P/c6-4-2-1-3-5(7)8-4/h5,8H,1-3H2. The lowest BCUT2D eigenvalue weighted by Crippen LogP contribution is -3.00. The van der Waals surface area contributed by atoms with E-state index in [1.807, 2.05) is 0 Å². The molecule has 0 aromatic carbocycles. The van der Waals surface area contributed by atoms with Gasteiger partial charge >= 0.3 is 0 Å². The highest BCUT2D eigenvalue weighted by Gasteiger charge is 2.13. The molecule has 0 aromatic heterocycles. The molecule has 1 rings (SSSR count). The number of hydrogen-bond acceptors (Lipinski definition) is 2. The minimum absolute atomic E-state index is 0.0285. The van der Waals surface area contributed by atoms with Gasteiger partial charge < -0.3 is 10.0 Å². The van der Waals surface area contributed by atoms with E-state index in [-0.39, 0.29) is 19.1 Å². The molecule has 46 valence electrons. The van der Waals surface area contributed by atoms with Crippen LogP contribution in [0.25, 0.3) is 0 Å². The van der Waals surface area contributed by atoms with E-state index in [4.69, 9.17) is 0 Å². The molecular weight excluding hydrogens is 125 g/mol. The first kappa shape index (κ1) is 6.14. The third-order valence-electron chi connectivity index (χ3n) is 1.09. The molecule has 1 heterocycles. The van der Waals surface area contributed by atoms with Crippen molar-refractivity contribution in [1.82, 2.24) is 0 Å². The van der Waals surface area contributed by atoms with Crippen LogP contribution in [0.1, 0.15) is 12.8 Å². The fraction of sp³-hybridized carbons (Fsp3) is 0.750. The predicted molar refractivity (Wildman–Crippen MR) is 31.8 cm³/mol. The summed E-state index contributed by atoms with van der Waals surface area (Å²) in [5, 5.41) is 10.5. The Bertz CT molecular complexity index is 106. The van der Waals surface area contributed by atoms with Gasteiger partial charge in [0.15, 0.2) is 8.73 Å². The quantitative estimate of drug-likeness (QED) is 0.350.